The van der Waals surface area contributed by atoms with Crippen LogP contribution >= 0.6 is 11.8 Å². The van der Waals surface area contributed by atoms with Gasteiger partial charge in [0.15, 0.2) is 0 Å². The second-order valence-electron chi connectivity index (χ2n) is 6.33. The molecular formula is C19H17FN2O2S2. The van der Waals surface area contributed by atoms with Gasteiger partial charge in [-0.05, 0) is 60.6 Å². The van der Waals surface area contributed by atoms with Crippen molar-refractivity contribution in [3.63, 3.8) is 0 Å². The van der Waals surface area contributed by atoms with Gasteiger partial charge in [0.2, 0.25) is 10.0 Å². The van der Waals surface area contributed by atoms with Crippen molar-refractivity contribution in [1.82, 2.24) is 9.71 Å². The van der Waals surface area contributed by atoms with E-state index in [0.29, 0.717) is 17.5 Å². The summed E-state index contributed by atoms with van der Waals surface area (Å²) in [5, 5.41) is 0.776. The van der Waals surface area contributed by atoms with Crippen LogP contribution in [0.25, 0.3) is 10.9 Å². The van der Waals surface area contributed by atoms with Crippen LogP contribution in [-0.4, -0.2) is 19.2 Å². The molecule has 1 aliphatic heterocycles. The van der Waals surface area contributed by atoms with E-state index in [-0.39, 0.29) is 10.7 Å². The fourth-order valence-corrected chi connectivity index (χ4v) is 5.73. The number of benzene rings is 2. The third kappa shape index (κ3) is 3.22. The number of aryl methyl sites for hydroxylation is 1. The molecule has 1 aliphatic rings. The Hall–Kier alpha value is -1.96. The molecule has 0 fully saturated rings. The largest absolute Gasteiger partial charge is 0.255 e. The quantitative estimate of drug-likeness (QED) is 0.731. The van der Waals surface area contributed by atoms with Gasteiger partial charge in [-0.3, -0.25) is 4.98 Å². The first-order valence-electron chi connectivity index (χ1n) is 8.24. The summed E-state index contributed by atoms with van der Waals surface area (Å²) in [5.41, 5.74) is 2.10. The Kier molecular flexibility index (Phi) is 4.46. The van der Waals surface area contributed by atoms with E-state index in [1.165, 1.54) is 12.1 Å². The van der Waals surface area contributed by atoms with Crippen molar-refractivity contribution < 1.29 is 12.8 Å². The molecule has 0 bridgehead atoms. The predicted molar refractivity (Wildman–Crippen MR) is 101 cm³/mol. The Balaban J connectivity index is 1.75. The first-order chi connectivity index (χ1) is 12.4. The third-order valence-electron chi connectivity index (χ3n) is 4.41. The lowest BCUT2D eigenvalue weighted by molar-refractivity contribution is 0.542. The van der Waals surface area contributed by atoms with Gasteiger partial charge in [0.1, 0.15) is 10.7 Å². The first-order valence-corrected chi connectivity index (χ1v) is 10.7. The van der Waals surface area contributed by atoms with Gasteiger partial charge < -0.3 is 0 Å². The van der Waals surface area contributed by atoms with Crippen LogP contribution in [0.1, 0.15) is 23.6 Å². The Morgan fingerprint density at radius 1 is 1.23 bits per heavy atom. The van der Waals surface area contributed by atoms with E-state index in [2.05, 4.69) is 9.71 Å². The van der Waals surface area contributed by atoms with Gasteiger partial charge in [0.25, 0.3) is 0 Å². The van der Waals surface area contributed by atoms with Crippen molar-refractivity contribution in [2.75, 3.05) is 5.75 Å². The van der Waals surface area contributed by atoms with Crippen LogP contribution in [-0.2, 0) is 10.0 Å². The fraction of sp³-hybridized carbons (Fsp3) is 0.211. The molecule has 4 nitrogen and oxygen atoms in total. The van der Waals surface area contributed by atoms with Gasteiger partial charge in [0, 0.05) is 22.5 Å². The van der Waals surface area contributed by atoms with Gasteiger partial charge in [-0.15, -0.1) is 11.8 Å². The lowest BCUT2D eigenvalue weighted by atomic mass is 10.0. The van der Waals surface area contributed by atoms with Gasteiger partial charge in [-0.25, -0.2) is 17.5 Å². The summed E-state index contributed by atoms with van der Waals surface area (Å²) in [6.07, 6.45) is 2.26. The van der Waals surface area contributed by atoms with Crippen LogP contribution in [0, 0.1) is 12.7 Å². The summed E-state index contributed by atoms with van der Waals surface area (Å²) in [7, 11) is -3.80. The van der Waals surface area contributed by atoms with Crippen molar-refractivity contribution in [2.24, 2.45) is 0 Å². The first kappa shape index (κ1) is 17.5. The molecule has 1 aromatic heterocycles. The Morgan fingerprint density at radius 3 is 2.92 bits per heavy atom. The molecule has 2 heterocycles. The molecule has 1 atom stereocenters. The lowest BCUT2D eigenvalue weighted by Gasteiger charge is -2.26. The number of para-hydroxylation sites is 1. The smallest absolute Gasteiger partial charge is 0.243 e. The summed E-state index contributed by atoms with van der Waals surface area (Å²) in [4.78, 5) is 5.37. The molecule has 0 spiro atoms. The highest BCUT2D eigenvalue weighted by atomic mass is 32.2. The van der Waals surface area contributed by atoms with E-state index in [1.807, 2.05) is 19.1 Å². The average molecular weight is 388 g/mol. The van der Waals surface area contributed by atoms with E-state index in [9.17, 15) is 12.8 Å². The van der Waals surface area contributed by atoms with E-state index in [1.54, 1.807) is 36.2 Å². The molecule has 0 amide bonds. The van der Waals surface area contributed by atoms with Crippen LogP contribution in [0.15, 0.2) is 58.5 Å². The maximum absolute atomic E-state index is 13.7. The van der Waals surface area contributed by atoms with Gasteiger partial charge >= 0.3 is 0 Å². The number of sulfonamides is 1. The van der Waals surface area contributed by atoms with Crippen molar-refractivity contribution >= 4 is 32.7 Å². The molecule has 0 aliphatic carbocycles. The zero-order valence-electron chi connectivity index (χ0n) is 14.1. The average Bonchev–Trinajstić information content (AvgIpc) is 2.61. The summed E-state index contributed by atoms with van der Waals surface area (Å²) < 4.78 is 42.5. The molecule has 1 unspecified atom stereocenters. The van der Waals surface area contributed by atoms with E-state index in [4.69, 9.17) is 0 Å². The van der Waals surface area contributed by atoms with Crippen molar-refractivity contribution in [2.45, 2.75) is 29.2 Å². The minimum Gasteiger partial charge on any atom is -0.255 e. The molecule has 0 saturated heterocycles. The summed E-state index contributed by atoms with van der Waals surface area (Å²) in [6, 6.07) is 11.1. The van der Waals surface area contributed by atoms with Crippen LogP contribution < -0.4 is 4.72 Å². The van der Waals surface area contributed by atoms with E-state index >= 15 is 0 Å². The summed E-state index contributed by atoms with van der Waals surface area (Å²) in [6.45, 7) is 1.91. The van der Waals surface area contributed by atoms with Gasteiger partial charge in [-0.2, -0.15) is 0 Å². The number of hydrogen-bond acceptors (Lipinski definition) is 4. The number of pyridine rings is 1. The Bertz CT molecular complexity index is 1100. The molecule has 7 heteroatoms. The number of hydrogen-bond donors (Lipinski definition) is 1. The molecule has 2 aromatic carbocycles. The lowest BCUT2D eigenvalue weighted by Crippen LogP contribution is -2.31. The standard InChI is InChI=1S/C19H17FN2O2S2/c1-12-9-13-3-2-4-18(19(13)21-11-12)26(23,24)22-16-7-8-25-17-6-5-14(20)10-15(16)17/h2-6,9-11,16,22H,7-8H2,1H3. The van der Waals surface area contributed by atoms with Crippen molar-refractivity contribution in [3.05, 3.63) is 65.6 Å². The Labute approximate surface area is 155 Å². The maximum Gasteiger partial charge on any atom is 0.243 e. The zero-order valence-corrected chi connectivity index (χ0v) is 15.7. The molecule has 1 N–H and O–H groups in total. The number of aromatic nitrogens is 1. The van der Waals surface area contributed by atoms with Crippen molar-refractivity contribution in [1.29, 1.82) is 0 Å². The highest BCUT2D eigenvalue weighted by Gasteiger charge is 2.28. The number of nitrogens with one attached hydrogen (secondary N) is 1. The van der Waals surface area contributed by atoms with Gasteiger partial charge in [-0.1, -0.05) is 12.1 Å². The summed E-state index contributed by atoms with van der Waals surface area (Å²) >= 11 is 1.61. The van der Waals surface area contributed by atoms with Crippen molar-refractivity contribution in [3.8, 4) is 0 Å². The number of nitrogens with zero attached hydrogens (tertiary/aromatic N) is 1. The van der Waals surface area contributed by atoms with Crippen LogP contribution in [0.2, 0.25) is 0 Å². The minimum absolute atomic E-state index is 0.145. The maximum atomic E-state index is 13.7. The van der Waals surface area contributed by atoms with E-state index in [0.717, 1.165) is 21.6 Å². The topological polar surface area (TPSA) is 59.1 Å². The SMILES string of the molecule is Cc1cnc2c(S(=O)(=O)NC3CCSc4ccc(F)cc43)cccc2c1. The second kappa shape index (κ2) is 6.64. The summed E-state index contributed by atoms with van der Waals surface area (Å²) in [5.74, 6) is 0.413. The molecule has 0 radical (unpaired) electrons. The fourth-order valence-electron chi connectivity index (χ4n) is 3.20. The zero-order chi connectivity index (χ0) is 18.3. The van der Waals surface area contributed by atoms with Crippen LogP contribution in [0.3, 0.4) is 0 Å². The second-order valence-corrected chi connectivity index (χ2v) is 9.15. The van der Waals surface area contributed by atoms with E-state index < -0.39 is 16.1 Å². The number of halogens is 1. The normalized spacial score (nSPS) is 17.2. The highest BCUT2D eigenvalue weighted by Crippen LogP contribution is 2.37. The van der Waals surface area contributed by atoms with Crippen LogP contribution in [0.5, 0.6) is 0 Å². The molecule has 26 heavy (non-hydrogen) atoms. The highest BCUT2D eigenvalue weighted by molar-refractivity contribution is 7.99. The molecular weight excluding hydrogens is 371 g/mol. The predicted octanol–water partition coefficient (Wildman–Crippen LogP) is 4.20. The third-order valence-corrected chi connectivity index (χ3v) is 7.03. The Morgan fingerprint density at radius 2 is 2.08 bits per heavy atom. The molecule has 4 rings (SSSR count). The molecule has 134 valence electrons. The molecule has 0 saturated carbocycles. The number of rotatable bonds is 3. The monoisotopic (exact) mass is 388 g/mol. The van der Waals surface area contributed by atoms with Gasteiger partial charge in [0.05, 0.1) is 5.52 Å². The minimum atomic E-state index is -3.80. The van der Waals surface area contributed by atoms with Crippen LogP contribution in [0.4, 0.5) is 4.39 Å². The number of fused-ring (bicyclic) bond motifs is 2. The molecule has 3 aromatic rings. The number of thioether (sulfide) groups is 1.